The van der Waals surface area contributed by atoms with Crippen LogP contribution in [-0.2, 0) is 11.3 Å². The van der Waals surface area contributed by atoms with Gasteiger partial charge in [0.25, 0.3) is 5.91 Å². The minimum Gasteiger partial charge on any atom is -0.389 e. The number of rotatable bonds is 6. The summed E-state index contributed by atoms with van der Waals surface area (Å²) in [5.41, 5.74) is 0.713. The summed E-state index contributed by atoms with van der Waals surface area (Å²) in [6.07, 6.45) is 4.71. The molecule has 1 aliphatic carbocycles. The number of amides is 2. The van der Waals surface area contributed by atoms with Crippen molar-refractivity contribution in [2.75, 3.05) is 6.54 Å². The summed E-state index contributed by atoms with van der Waals surface area (Å²) < 4.78 is 0. The van der Waals surface area contributed by atoms with Crippen molar-refractivity contribution >= 4 is 11.8 Å². The maximum absolute atomic E-state index is 12.0. The Labute approximate surface area is 137 Å². The fourth-order valence-electron chi connectivity index (χ4n) is 2.99. The van der Waals surface area contributed by atoms with Crippen LogP contribution in [-0.4, -0.2) is 29.1 Å². The smallest absolute Gasteiger partial charge is 0.251 e. The van der Waals surface area contributed by atoms with Crippen LogP contribution in [0.15, 0.2) is 24.3 Å². The van der Waals surface area contributed by atoms with Gasteiger partial charge in [-0.1, -0.05) is 31.4 Å². The van der Waals surface area contributed by atoms with Crippen LogP contribution in [0.1, 0.15) is 61.4 Å². The lowest BCUT2D eigenvalue weighted by molar-refractivity contribution is -0.127. The SMILES string of the molecule is CCNC(=O)c1ccc(CNC(=O)CC2(O)CCCCC2)cc1. The lowest BCUT2D eigenvalue weighted by atomic mass is 9.82. The van der Waals surface area contributed by atoms with Crippen molar-refractivity contribution < 1.29 is 14.7 Å². The highest BCUT2D eigenvalue weighted by Crippen LogP contribution is 2.30. The van der Waals surface area contributed by atoms with Gasteiger partial charge in [0, 0.05) is 18.7 Å². The van der Waals surface area contributed by atoms with Crippen molar-refractivity contribution in [2.24, 2.45) is 0 Å². The van der Waals surface area contributed by atoms with Gasteiger partial charge < -0.3 is 15.7 Å². The summed E-state index contributed by atoms with van der Waals surface area (Å²) in [4.78, 5) is 23.7. The van der Waals surface area contributed by atoms with Crippen molar-refractivity contribution in [3.8, 4) is 0 Å². The molecule has 0 aromatic heterocycles. The Kier molecular flexibility index (Phi) is 6.16. The average Bonchev–Trinajstić information content (AvgIpc) is 2.54. The second kappa shape index (κ2) is 8.11. The van der Waals surface area contributed by atoms with E-state index in [1.165, 1.54) is 0 Å². The van der Waals surface area contributed by atoms with Crippen LogP contribution in [0.3, 0.4) is 0 Å². The first-order chi connectivity index (χ1) is 11.0. The van der Waals surface area contributed by atoms with Gasteiger partial charge in [0.1, 0.15) is 0 Å². The summed E-state index contributed by atoms with van der Waals surface area (Å²) >= 11 is 0. The van der Waals surface area contributed by atoms with E-state index < -0.39 is 5.60 Å². The molecule has 1 saturated carbocycles. The second-order valence-corrected chi connectivity index (χ2v) is 6.29. The first kappa shape index (κ1) is 17.5. The molecule has 1 fully saturated rings. The Morgan fingerprint density at radius 3 is 2.35 bits per heavy atom. The van der Waals surface area contributed by atoms with E-state index in [9.17, 15) is 14.7 Å². The van der Waals surface area contributed by atoms with Crippen LogP contribution in [0, 0.1) is 0 Å². The quantitative estimate of drug-likeness (QED) is 0.752. The lowest BCUT2D eigenvalue weighted by Crippen LogP contribution is -2.38. The zero-order valence-electron chi connectivity index (χ0n) is 13.7. The van der Waals surface area contributed by atoms with Gasteiger partial charge in [-0.05, 0) is 37.5 Å². The highest BCUT2D eigenvalue weighted by Gasteiger charge is 2.31. The molecule has 0 aliphatic heterocycles. The zero-order valence-corrected chi connectivity index (χ0v) is 13.7. The third-order valence-electron chi connectivity index (χ3n) is 4.32. The molecular formula is C18H26N2O3. The predicted octanol–water partition coefficient (Wildman–Crippen LogP) is 2.14. The fraction of sp³-hybridized carbons (Fsp3) is 0.556. The third-order valence-corrected chi connectivity index (χ3v) is 4.32. The standard InChI is InChI=1S/C18H26N2O3/c1-2-19-17(22)15-8-6-14(7-9-15)13-20-16(21)12-18(23)10-4-3-5-11-18/h6-9,23H,2-5,10-13H2,1H3,(H,19,22)(H,20,21). The van der Waals surface area contributed by atoms with Crippen LogP contribution >= 0.6 is 0 Å². The number of carbonyl (C=O) groups is 2. The average molecular weight is 318 g/mol. The van der Waals surface area contributed by atoms with E-state index in [2.05, 4.69) is 10.6 Å². The number of carbonyl (C=O) groups excluding carboxylic acids is 2. The van der Waals surface area contributed by atoms with Gasteiger partial charge in [-0.25, -0.2) is 0 Å². The summed E-state index contributed by atoms with van der Waals surface area (Å²) in [6, 6.07) is 7.17. The monoisotopic (exact) mass is 318 g/mol. The molecule has 0 heterocycles. The molecule has 5 heteroatoms. The van der Waals surface area contributed by atoms with Gasteiger partial charge >= 0.3 is 0 Å². The van der Waals surface area contributed by atoms with Gasteiger partial charge in [0.05, 0.1) is 12.0 Å². The van der Waals surface area contributed by atoms with Crippen LogP contribution in [0.4, 0.5) is 0 Å². The van der Waals surface area contributed by atoms with Gasteiger partial charge in [0.15, 0.2) is 0 Å². The summed E-state index contributed by atoms with van der Waals surface area (Å²) in [5.74, 6) is -0.218. The lowest BCUT2D eigenvalue weighted by Gasteiger charge is -2.31. The highest BCUT2D eigenvalue weighted by atomic mass is 16.3. The molecular weight excluding hydrogens is 292 g/mol. The molecule has 5 nitrogen and oxygen atoms in total. The Bertz CT molecular complexity index is 534. The molecule has 0 unspecified atom stereocenters. The van der Waals surface area contributed by atoms with Crippen LogP contribution in [0.5, 0.6) is 0 Å². The third kappa shape index (κ3) is 5.36. The number of nitrogens with one attached hydrogen (secondary N) is 2. The topological polar surface area (TPSA) is 78.4 Å². The van der Waals surface area contributed by atoms with Crippen molar-refractivity contribution in [3.05, 3.63) is 35.4 Å². The first-order valence-corrected chi connectivity index (χ1v) is 8.39. The zero-order chi connectivity index (χ0) is 16.7. The highest BCUT2D eigenvalue weighted by molar-refractivity contribution is 5.94. The Morgan fingerprint density at radius 2 is 1.74 bits per heavy atom. The van der Waals surface area contributed by atoms with Crippen molar-refractivity contribution in [2.45, 2.75) is 57.6 Å². The van der Waals surface area contributed by atoms with E-state index in [0.29, 0.717) is 31.5 Å². The van der Waals surface area contributed by atoms with Gasteiger partial charge in [-0.3, -0.25) is 9.59 Å². The minimum atomic E-state index is -0.829. The molecule has 0 saturated heterocycles. The molecule has 0 spiro atoms. The van der Waals surface area contributed by atoms with Crippen molar-refractivity contribution in [1.82, 2.24) is 10.6 Å². The maximum Gasteiger partial charge on any atom is 0.251 e. The summed E-state index contributed by atoms with van der Waals surface area (Å²) in [5, 5.41) is 16.0. The van der Waals surface area contributed by atoms with Crippen LogP contribution in [0.25, 0.3) is 0 Å². The largest absolute Gasteiger partial charge is 0.389 e. The van der Waals surface area contributed by atoms with Crippen molar-refractivity contribution in [1.29, 1.82) is 0 Å². The van der Waals surface area contributed by atoms with E-state index in [1.54, 1.807) is 12.1 Å². The summed E-state index contributed by atoms with van der Waals surface area (Å²) in [7, 11) is 0. The molecule has 0 bridgehead atoms. The Hall–Kier alpha value is -1.88. The maximum atomic E-state index is 12.0. The molecule has 126 valence electrons. The Balaban J connectivity index is 1.81. The molecule has 1 aliphatic rings. The van der Waals surface area contributed by atoms with Crippen molar-refractivity contribution in [3.63, 3.8) is 0 Å². The Morgan fingerprint density at radius 1 is 1.09 bits per heavy atom. The number of hydrogen-bond acceptors (Lipinski definition) is 3. The molecule has 0 atom stereocenters. The minimum absolute atomic E-state index is 0.0948. The summed E-state index contributed by atoms with van der Waals surface area (Å²) in [6.45, 7) is 2.88. The molecule has 2 amide bonds. The molecule has 1 aromatic carbocycles. The van der Waals surface area contributed by atoms with E-state index in [4.69, 9.17) is 0 Å². The molecule has 0 radical (unpaired) electrons. The fourth-order valence-corrected chi connectivity index (χ4v) is 2.99. The predicted molar refractivity (Wildman–Crippen MR) is 88.9 cm³/mol. The molecule has 2 rings (SSSR count). The van der Waals surface area contributed by atoms with Crippen LogP contribution in [0.2, 0.25) is 0 Å². The van der Waals surface area contributed by atoms with Gasteiger partial charge in [-0.2, -0.15) is 0 Å². The number of hydrogen-bond donors (Lipinski definition) is 3. The second-order valence-electron chi connectivity index (χ2n) is 6.29. The molecule has 23 heavy (non-hydrogen) atoms. The van der Waals surface area contributed by atoms with E-state index >= 15 is 0 Å². The molecule has 1 aromatic rings. The first-order valence-electron chi connectivity index (χ1n) is 8.39. The van der Waals surface area contributed by atoms with E-state index in [0.717, 1.165) is 24.8 Å². The van der Waals surface area contributed by atoms with E-state index in [1.807, 2.05) is 19.1 Å². The number of benzene rings is 1. The number of aliphatic hydroxyl groups is 1. The molecule has 3 N–H and O–H groups in total. The normalized spacial score (nSPS) is 16.6. The van der Waals surface area contributed by atoms with E-state index in [-0.39, 0.29) is 18.2 Å². The van der Waals surface area contributed by atoms with Crippen LogP contribution < -0.4 is 10.6 Å². The van der Waals surface area contributed by atoms with Gasteiger partial charge in [-0.15, -0.1) is 0 Å². The van der Waals surface area contributed by atoms with Gasteiger partial charge in [0.2, 0.25) is 5.91 Å².